The van der Waals surface area contributed by atoms with Gasteiger partial charge in [0.2, 0.25) is 0 Å². The maximum atomic E-state index is 12.1. The second-order valence-corrected chi connectivity index (χ2v) is 6.20. The number of hydrogen-bond acceptors (Lipinski definition) is 2. The summed E-state index contributed by atoms with van der Waals surface area (Å²) in [6, 6.07) is 5.73. The van der Waals surface area contributed by atoms with E-state index in [-0.39, 0.29) is 5.91 Å². The summed E-state index contributed by atoms with van der Waals surface area (Å²) in [6.07, 6.45) is 3.16. The Morgan fingerprint density at radius 1 is 1.50 bits per heavy atom. The van der Waals surface area contributed by atoms with Crippen LogP contribution in [0, 0.1) is 3.57 Å². The van der Waals surface area contributed by atoms with Crippen molar-refractivity contribution in [2.45, 2.75) is 6.42 Å². The van der Waals surface area contributed by atoms with Crippen LogP contribution in [0.5, 0.6) is 0 Å². The van der Waals surface area contributed by atoms with E-state index >= 15 is 0 Å². The molecule has 1 aromatic carbocycles. The highest BCUT2D eigenvalue weighted by molar-refractivity contribution is 14.1. The van der Waals surface area contributed by atoms with Gasteiger partial charge in [-0.25, -0.2) is 0 Å². The van der Waals surface area contributed by atoms with Crippen molar-refractivity contribution in [3.63, 3.8) is 0 Å². The van der Waals surface area contributed by atoms with Crippen LogP contribution in [0.4, 0.5) is 0 Å². The first-order valence-corrected chi connectivity index (χ1v) is 7.66. The zero-order chi connectivity index (χ0) is 13.0. The second kappa shape index (κ2) is 6.68. The number of hydrogen-bond donors (Lipinski definition) is 2. The van der Waals surface area contributed by atoms with Crippen molar-refractivity contribution < 1.29 is 4.79 Å². The molecule has 5 heteroatoms. The van der Waals surface area contributed by atoms with Crippen LogP contribution >= 0.6 is 38.5 Å². The lowest BCUT2D eigenvalue weighted by Crippen LogP contribution is -2.30. The van der Waals surface area contributed by atoms with E-state index in [1.807, 2.05) is 18.2 Å². The molecule has 3 nitrogen and oxygen atoms in total. The Bertz CT molecular complexity index is 488. The van der Waals surface area contributed by atoms with Crippen LogP contribution < -0.4 is 10.6 Å². The number of halogens is 2. The van der Waals surface area contributed by atoms with Crippen LogP contribution in [0.2, 0.25) is 0 Å². The Labute approximate surface area is 129 Å². The number of carbonyl (C=O) groups excluding carboxylic acids is 1. The maximum absolute atomic E-state index is 12.1. The predicted octanol–water partition coefficient (Wildman–Crippen LogP) is 2.70. The molecule has 0 radical (unpaired) electrons. The molecule has 1 amide bonds. The lowest BCUT2D eigenvalue weighted by molar-refractivity contribution is 0.0955. The summed E-state index contributed by atoms with van der Waals surface area (Å²) in [5.41, 5.74) is 2.02. The fourth-order valence-electron chi connectivity index (χ4n) is 1.79. The first kappa shape index (κ1) is 14.0. The van der Waals surface area contributed by atoms with Crippen molar-refractivity contribution in [1.82, 2.24) is 10.6 Å². The van der Waals surface area contributed by atoms with Gasteiger partial charge in [0.1, 0.15) is 0 Å². The zero-order valence-corrected chi connectivity index (χ0v) is 13.5. The minimum Gasteiger partial charge on any atom is -0.348 e. The molecular formula is C13H14BrIN2O. The van der Waals surface area contributed by atoms with Crippen molar-refractivity contribution in [2.75, 3.05) is 19.6 Å². The summed E-state index contributed by atoms with van der Waals surface area (Å²) in [4.78, 5) is 12.1. The minimum absolute atomic E-state index is 0.0138. The molecule has 0 saturated heterocycles. The molecule has 96 valence electrons. The number of carbonyl (C=O) groups is 1. The van der Waals surface area contributed by atoms with Crippen LogP contribution in [0.3, 0.4) is 0 Å². The molecule has 2 N–H and O–H groups in total. The summed E-state index contributed by atoms with van der Waals surface area (Å²) in [5.74, 6) is -0.0138. The normalized spacial score (nSPS) is 15.1. The van der Waals surface area contributed by atoms with Crippen LogP contribution in [-0.2, 0) is 0 Å². The van der Waals surface area contributed by atoms with Crippen LogP contribution in [-0.4, -0.2) is 25.5 Å². The van der Waals surface area contributed by atoms with Crippen molar-refractivity contribution in [1.29, 1.82) is 0 Å². The monoisotopic (exact) mass is 420 g/mol. The molecule has 0 spiro atoms. The molecule has 0 unspecified atom stereocenters. The number of rotatable bonds is 3. The molecule has 0 saturated carbocycles. The maximum Gasteiger partial charge on any atom is 0.252 e. The van der Waals surface area contributed by atoms with E-state index in [0.29, 0.717) is 6.54 Å². The SMILES string of the molecule is O=C(NCC1=CCNCC1)c1cc(Br)ccc1I. The first-order chi connectivity index (χ1) is 8.66. The molecular weight excluding hydrogens is 407 g/mol. The first-order valence-electron chi connectivity index (χ1n) is 5.78. The Kier molecular flexibility index (Phi) is 5.20. The average Bonchev–Trinajstić information content (AvgIpc) is 2.40. The molecule has 1 aliphatic rings. The summed E-state index contributed by atoms with van der Waals surface area (Å²) in [7, 11) is 0. The minimum atomic E-state index is -0.0138. The van der Waals surface area contributed by atoms with Gasteiger partial charge in [-0.2, -0.15) is 0 Å². The predicted molar refractivity (Wildman–Crippen MR) is 84.8 cm³/mol. The average molecular weight is 421 g/mol. The molecule has 2 rings (SSSR count). The van der Waals surface area contributed by atoms with Gasteiger partial charge in [-0.3, -0.25) is 4.79 Å². The number of amides is 1. The van der Waals surface area contributed by atoms with E-state index in [1.54, 1.807) is 0 Å². The Balaban J connectivity index is 1.99. The van der Waals surface area contributed by atoms with E-state index in [4.69, 9.17) is 0 Å². The van der Waals surface area contributed by atoms with Gasteiger partial charge in [-0.15, -0.1) is 0 Å². The van der Waals surface area contributed by atoms with Crippen molar-refractivity contribution in [2.24, 2.45) is 0 Å². The molecule has 0 aromatic heterocycles. The van der Waals surface area contributed by atoms with E-state index < -0.39 is 0 Å². The molecule has 1 aliphatic heterocycles. The standard InChI is InChI=1S/C13H14BrIN2O/c14-10-1-2-12(15)11(7-10)13(18)17-8-9-3-5-16-6-4-9/h1-3,7,16H,4-6,8H2,(H,17,18). The quantitative estimate of drug-likeness (QED) is 0.583. The van der Waals surface area contributed by atoms with Gasteiger partial charge >= 0.3 is 0 Å². The molecule has 0 bridgehead atoms. The fraction of sp³-hybridized carbons (Fsp3) is 0.308. The fourth-order valence-corrected chi connectivity index (χ4v) is 2.73. The smallest absolute Gasteiger partial charge is 0.252 e. The Morgan fingerprint density at radius 3 is 3.06 bits per heavy atom. The third kappa shape index (κ3) is 3.80. The Hall–Kier alpha value is -0.400. The van der Waals surface area contributed by atoms with E-state index in [1.165, 1.54) is 5.57 Å². The van der Waals surface area contributed by atoms with E-state index in [2.05, 4.69) is 55.2 Å². The lowest BCUT2D eigenvalue weighted by Gasteiger charge is -2.15. The van der Waals surface area contributed by atoms with E-state index in [0.717, 1.165) is 33.1 Å². The molecule has 0 aliphatic carbocycles. The summed E-state index contributed by atoms with van der Waals surface area (Å²) >= 11 is 5.57. The lowest BCUT2D eigenvalue weighted by atomic mass is 10.1. The van der Waals surface area contributed by atoms with Gasteiger partial charge in [0.15, 0.2) is 0 Å². The zero-order valence-electron chi connectivity index (χ0n) is 9.80. The second-order valence-electron chi connectivity index (χ2n) is 4.12. The van der Waals surface area contributed by atoms with Gasteiger partial charge in [0.05, 0.1) is 5.56 Å². The van der Waals surface area contributed by atoms with E-state index in [9.17, 15) is 4.79 Å². The summed E-state index contributed by atoms with van der Waals surface area (Å²) < 4.78 is 1.89. The van der Waals surface area contributed by atoms with Crippen molar-refractivity contribution in [3.8, 4) is 0 Å². The third-order valence-electron chi connectivity index (χ3n) is 2.81. The molecule has 1 aromatic rings. The molecule has 18 heavy (non-hydrogen) atoms. The van der Waals surface area contributed by atoms with Crippen LogP contribution in [0.25, 0.3) is 0 Å². The van der Waals surface area contributed by atoms with Crippen molar-refractivity contribution >= 4 is 44.4 Å². The molecule has 0 fully saturated rings. The molecule has 0 atom stereocenters. The largest absolute Gasteiger partial charge is 0.348 e. The van der Waals surface area contributed by atoms with Gasteiger partial charge in [0.25, 0.3) is 5.91 Å². The van der Waals surface area contributed by atoms with Crippen molar-refractivity contribution in [3.05, 3.63) is 43.5 Å². The summed E-state index contributed by atoms with van der Waals surface area (Å²) in [5, 5.41) is 6.23. The summed E-state index contributed by atoms with van der Waals surface area (Å²) in [6.45, 7) is 2.54. The van der Waals surface area contributed by atoms with Gasteiger partial charge in [-0.05, 0) is 53.8 Å². The topological polar surface area (TPSA) is 41.1 Å². The van der Waals surface area contributed by atoms with Gasteiger partial charge < -0.3 is 10.6 Å². The highest BCUT2D eigenvalue weighted by atomic mass is 127. The molecule has 1 heterocycles. The third-order valence-corrected chi connectivity index (χ3v) is 4.24. The van der Waals surface area contributed by atoms with Crippen LogP contribution in [0.15, 0.2) is 34.3 Å². The highest BCUT2D eigenvalue weighted by Gasteiger charge is 2.11. The Morgan fingerprint density at radius 2 is 2.33 bits per heavy atom. The van der Waals surface area contributed by atoms with Gasteiger partial charge in [-0.1, -0.05) is 27.6 Å². The number of nitrogens with one attached hydrogen (secondary N) is 2. The van der Waals surface area contributed by atoms with Crippen LogP contribution in [0.1, 0.15) is 16.8 Å². The number of benzene rings is 1. The highest BCUT2D eigenvalue weighted by Crippen LogP contribution is 2.18. The van der Waals surface area contributed by atoms with Gasteiger partial charge in [0, 0.05) is 21.1 Å².